The van der Waals surface area contributed by atoms with Gasteiger partial charge in [0, 0.05) is 30.7 Å². The van der Waals surface area contributed by atoms with Gasteiger partial charge in [-0.25, -0.2) is 9.97 Å². The lowest BCUT2D eigenvalue weighted by molar-refractivity contribution is -0.384. The summed E-state index contributed by atoms with van der Waals surface area (Å²) >= 11 is 0. The molecule has 1 aromatic heterocycles. The van der Waals surface area contributed by atoms with E-state index in [4.69, 9.17) is 5.11 Å². The van der Waals surface area contributed by atoms with Crippen molar-refractivity contribution in [3.8, 4) is 0 Å². The highest BCUT2D eigenvalue weighted by molar-refractivity contribution is 5.90. The summed E-state index contributed by atoms with van der Waals surface area (Å²) in [6.45, 7) is 0.799. The Kier molecular flexibility index (Phi) is 4.19. The predicted molar refractivity (Wildman–Crippen MR) is 71.0 cm³/mol. The third-order valence-electron chi connectivity index (χ3n) is 2.71. The molecule has 0 saturated carbocycles. The molecule has 7 heteroatoms. The van der Waals surface area contributed by atoms with Crippen molar-refractivity contribution in [1.29, 1.82) is 0 Å². The maximum atomic E-state index is 10.8. The van der Waals surface area contributed by atoms with Gasteiger partial charge in [0.25, 0.3) is 5.69 Å². The Hall–Kier alpha value is -2.28. The molecule has 0 fully saturated rings. The highest BCUT2D eigenvalue weighted by atomic mass is 16.6. The number of fused-ring (bicyclic) bond motifs is 1. The summed E-state index contributed by atoms with van der Waals surface area (Å²) in [5.74, 6) is 0.576. The molecule has 0 radical (unpaired) electrons. The Bertz CT molecular complexity index is 588. The molecule has 1 heterocycles. The van der Waals surface area contributed by atoms with Crippen molar-refractivity contribution in [3.63, 3.8) is 0 Å². The van der Waals surface area contributed by atoms with E-state index < -0.39 is 4.92 Å². The number of rotatable bonds is 6. The van der Waals surface area contributed by atoms with Crippen LogP contribution in [0.2, 0.25) is 0 Å². The van der Waals surface area contributed by atoms with Gasteiger partial charge < -0.3 is 10.4 Å². The van der Waals surface area contributed by atoms with Gasteiger partial charge in [0.15, 0.2) is 0 Å². The molecule has 0 spiro atoms. The number of hydrogen-bond donors (Lipinski definition) is 2. The number of aliphatic hydroxyl groups is 1. The monoisotopic (exact) mass is 262 g/mol. The van der Waals surface area contributed by atoms with Gasteiger partial charge in [-0.15, -0.1) is 0 Å². The molecule has 2 N–H and O–H groups in total. The molecule has 0 unspecified atom stereocenters. The molecule has 0 amide bonds. The van der Waals surface area contributed by atoms with Gasteiger partial charge in [-0.05, 0) is 18.9 Å². The molecule has 7 nitrogen and oxygen atoms in total. The minimum absolute atomic E-state index is 0.0145. The SMILES string of the molecule is O=[N+]([O-])c1ccc2ncnc(NCCCCO)c2c1. The first-order valence-electron chi connectivity index (χ1n) is 5.96. The molecular weight excluding hydrogens is 248 g/mol. The van der Waals surface area contributed by atoms with Gasteiger partial charge in [-0.3, -0.25) is 10.1 Å². The van der Waals surface area contributed by atoms with E-state index in [9.17, 15) is 10.1 Å². The van der Waals surface area contributed by atoms with E-state index in [2.05, 4.69) is 15.3 Å². The third-order valence-corrected chi connectivity index (χ3v) is 2.71. The van der Waals surface area contributed by atoms with Gasteiger partial charge in [0.2, 0.25) is 0 Å². The van der Waals surface area contributed by atoms with Crippen LogP contribution in [-0.4, -0.2) is 33.1 Å². The zero-order chi connectivity index (χ0) is 13.7. The van der Waals surface area contributed by atoms with Gasteiger partial charge in [0.05, 0.1) is 10.4 Å². The second-order valence-electron chi connectivity index (χ2n) is 4.04. The van der Waals surface area contributed by atoms with E-state index in [-0.39, 0.29) is 12.3 Å². The van der Waals surface area contributed by atoms with Gasteiger partial charge >= 0.3 is 0 Å². The van der Waals surface area contributed by atoms with Crippen molar-refractivity contribution >= 4 is 22.4 Å². The average Bonchev–Trinajstić information content (AvgIpc) is 2.43. The van der Waals surface area contributed by atoms with Crippen molar-refractivity contribution in [2.75, 3.05) is 18.5 Å². The minimum atomic E-state index is -0.442. The molecule has 0 aliphatic carbocycles. The van der Waals surface area contributed by atoms with Crippen LogP contribution in [-0.2, 0) is 0 Å². The lowest BCUT2D eigenvalue weighted by Crippen LogP contribution is -2.05. The fourth-order valence-electron chi connectivity index (χ4n) is 1.74. The summed E-state index contributed by atoms with van der Waals surface area (Å²) in [4.78, 5) is 18.5. The Labute approximate surface area is 109 Å². The fraction of sp³-hybridized carbons (Fsp3) is 0.333. The Morgan fingerprint density at radius 1 is 1.32 bits per heavy atom. The van der Waals surface area contributed by atoms with Crippen molar-refractivity contribution in [3.05, 3.63) is 34.6 Å². The molecule has 0 saturated heterocycles. The molecule has 0 bridgehead atoms. The number of unbranched alkanes of at least 4 members (excludes halogenated alkanes) is 1. The van der Waals surface area contributed by atoms with Crippen LogP contribution in [0.5, 0.6) is 0 Å². The molecule has 19 heavy (non-hydrogen) atoms. The maximum absolute atomic E-state index is 10.8. The predicted octanol–water partition coefficient (Wildman–Crippen LogP) is 1.72. The highest BCUT2D eigenvalue weighted by Gasteiger charge is 2.10. The van der Waals surface area contributed by atoms with Crippen LogP contribution in [0.25, 0.3) is 10.9 Å². The lowest BCUT2D eigenvalue weighted by Gasteiger charge is -2.07. The van der Waals surface area contributed by atoms with E-state index in [0.29, 0.717) is 29.7 Å². The van der Waals surface area contributed by atoms with Gasteiger partial charge in [-0.1, -0.05) is 0 Å². The molecule has 2 aromatic rings. The number of hydrogen-bond acceptors (Lipinski definition) is 6. The average molecular weight is 262 g/mol. The quantitative estimate of drug-likeness (QED) is 0.467. The Morgan fingerprint density at radius 2 is 2.16 bits per heavy atom. The topological polar surface area (TPSA) is 101 Å². The van der Waals surface area contributed by atoms with Crippen LogP contribution in [0.1, 0.15) is 12.8 Å². The Morgan fingerprint density at radius 3 is 2.89 bits per heavy atom. The van der Waals surface area contributed by atoms with E-state index in [1.165, 1.54) is 18.5 Å². The van der Waals surface area contributed by atoms with E-state index in [0.717, 1.165) is 6.42 Å². The summed E-state index contributed by atoms with van der Waals surface area (Å²) in [5, 5.41) is 23.2. The molecular formula is C12H14N4O3. The van der Waals surface area contributed by atoms with Crippen LogP contribution in [0.3, 0.4) is 0 Å². The zero-order valence-corrected chi connectivity index (χ0v) is 10.2. The van der Waals surface area contributed by atoms with Crippen LogP contribution in [0.15, 0.2) is 24.5 Å². The first kappa shape index (κ1) is 13.2. The second kappa shape index (κ2) is 6.05. The summed E-state index contributed by atoms with van der Waals surface area (Å²) in [6, 6.07) is 4.49. The Balaban J connectivity index is 2.26. The van der Waals surface area contributed by atoms with Crippen molar-refractivity contribution < 1.29 is 10.0 Å². The van der Waals surface area contributed by atoms with Crippen LogP contribution in [0, 0.1) is 10.1 Å². The van der Waals surface area contributed by atoms with E-state index >= 15 is 0 Å². The molecule has 0 atom stereocenters. The second-order valence-corrected chi connectivity index (χ2v) is 4.04. The zero-order valence-electron chi connectivity index (χ0n) is 10.2. The van der Waals surface area contributed by atoms with Gasteiger partial charge in [-0.2, -0.15) is 0 Å². The number of aliphatic hydroxyl groups excluding tert-OH is 1. The molecule has 1 aromatic carbocycles. The summed E-state index contributed by atoms with van der Waals surface area (Å²) < 4.78 is 0. The number of nitro benzene ring substituents is 1. The van der Waals surface area contributed by atoms with Crippen LogP contribution >= 0.6 is 0 Å². The van der Waals surface area contributed by atoms with Crippen molar-refractivity contribution in [2.45, 2.75) is 12.8 Å². The fourth-order valence-corrected chi connectivity index (χ4v) is 1.74. The molecule has 0 aliphatic rings. The molecule has 100 valence electrons. The summed E-state index contributed by atoms with van der Waals surface area (Å²) in [6.07, 6.45) is 2.93. The van der Waals surface area contributed by atoms with Gasteiger partial charge in [0.1, 0.15) is 12.1 Å². The molecule has 2 rings (SSSR count). The minimum Gasteiger partial charge on any atom is -0.396 e. The van der Waals surface area contributed by atoms with Crippen LogP contribution < -0.4 is 5.32 Å². The molecule has 0 aliphatic heterocycles. The number of non-ortho nitro benzene ring substituents is 1. The number of nitro groups is 1. The number of aromatic nitrogens is 2. The first-order valence-corrected chi connectivity index (χ1v) is 5.96. The summed E-state index contributed by atoms with van der Waals surface area (Å²) in [5.41, 5.74) is 0.672. The number of nitrogens with zero attached hydrogens (tertiary/aromatic N) is 3. The lowest BCUT2D eigenvalue weighted by atomic mass is 10.2. The summed E-state index contributed by atoms with van der Waals surface area (Å²) in [7, 11) is 0. The van der Waals surface area contributed by atoms with Crippen LogP contribution in [0.4, 0.5) is 11.5 Å². The van der Waals surface area contributed by atoms with E-state index in [1.54, 1.807) is 6.07 Å². The van der Waals surface area contributed by atoms with Crippen molar-refractivity contribution in [1.82, 2.24) is 9.97 Å². The largest absolute Gasteiger partial charge is 0.396 e. The number of anilines is 1. The standard InChI is InChI=1S/C12H14N4O3/c17-6-2-1-5-13-12-10-7-9(16(18)19)3-4-11(10)14-8-15-12/h3-4,7-8,17H,1-2,5-6H2,(H,13,14,15). The number of benzene rings is 1. The van der Waals surface area contributed by atoms with E-state index in [1.807, 2.05) is 0 Å². The smallest absolute Gasteiger partial charge is 0.270 e. The number of nitrogens with one attached hydrogen (secondary N) is 1. The van der Waals surface area contributed by atoms with Crippen molar-refractivity contribution in [2.24, 2.45) is 0 Å². The third kappa shape index (κ3) is 3.14. The maximum Gasteiger partial charge on any atom is 0.270 e. The first-order chi connectivity index (χ1) is 9.22. The normalized spacial score (nSPS) is 10.6. The highest BCUT2D eigenvalue weighted by Crippen LogP contribution is 2.24.